The molecule has 1 aromatic heterocycles. The molecule has 31 heavy (non-hydrogen) atoms. The first-order valence-electron chi connectivity index (χ1n) is 10.5. The van der Waals surface area contributed by atoms with E-state index >= 15 is 0 Å². The molecule has 0 amide bonds. The monoisotopic (exact) mass is 413 g/mol. The summed E-state index contributed by atoms with van der Waals surface area (Å²) < 4.78 is 6.11. The van der Waals surface area contributed by atoms with Crippen molar-refractivity contribution in [2.45, 2.75) is 39.2 Å². The molecule has 5 nitrogen and oxygen atoms in total. The second-order valence-electron chi connectivity index (χ2n) is 8.34. The normalized spacial score (nSPS) is 13.8. The molecule has 1 fully saturated rings. The summed E-state index contributed by atoms with van der Waals surface area (Å²) in [6.45, 7) is 4.20. The van der Waals surface area contributed by atoms with Gasteiger partial charge in [-0.1, -0.05) is 18.2 Å². The van der Waals surface area contributed by atoms with Gasteiger partial charge in [-0.25, -0.2) is 4.79 Å². The van der Waals surface area contributed by atoms with Gasteiger partial charge in [-0.2, -0.15) is 0 Å². The van der Waals surface area contributed by atoms with Gasteiger partial charge in [0, 0.05) is 10.9 Å². The van der Waals surface area contributed by atoms with Crippen molar-refractivity contribution in [3.63, 3.8) is 0 Å². The summed E-state index contributed by atoms with van der Waals surface area (Å²) in [5.74, 6) is 0.0713. The summed E-state index contributed by atoms with van der Waals surface area (Å²) in [6, 6.07) is 12.7. The number of carboxylic acid groups (broad SMARTS) is 1. The number of fused-ring (bicyclic) bond motifs is 3. The third-order valence-corrected chi connectivity index (χ3v) is 6.42. The maximum absolute atomic E-state index is 13.2. The summed E-state index contributed by atoms with van der Waals surface area (Å²) in [7, 11) is 0. The standard InChI is InChI=1S/C26H23NO4/c1-13-18(15-5-7-17(8-6-15)26(29)30)9-10-19-23(13)20(16-3-4-16)11-21(28)24-14(2)22(12-27)31-25(19)24/h5-11,16H,3-4,12,27H2,1-2H3,(H,29,30). The van der Waals surface area contributed by atoms with Gasteiger partial charge in [0.05, 0.1) is 17.5 Å². The van der Waals surface area contributed by atoms with Crippen LogP contribution in [-0.2, 0) is 6.54 Å². The molecule has 1 aliphatic rings. The van der Waals surface area contributed by atoms with Crippen LogP contribution in [0.15, 0.2) is 51.7 Å². The third-order valence-electron chi connectivity index (χ3n) is 6.42. The number of aryl methyl sites for hydroxylation is 2. The fourth-order valence-electron chi connectivity index (χ4n) is 4.62. The molecular weight excluding hydrogens is 390 g/mol. The number of aromatic carboxylic acids is 1. The van der Waals surface area contributed by atoms with E-state index < -0.39 is 5.97 Å². The van der Waals surface area contributed by atoms with Crippen LogP contribution in [0.4, 0.5) is 0 Å². The molecule has 156 valence electrons. The fourth-order valence-corrected chi connectivity index (χ4v) is 4.62. The first kappa shape index (κ1) is 19.5. The van der Waals surface area contributed by atoms with E-state index in [1.807, 2.05) is 31.2 Å². The number of furan rings is 1. The summed E-state index contributed by atoms with van der Waals surface area (Å²) >= 11 is 0. The number of carboxylic acids is 1. The quantitative estimate of drug-likeness (QED) is 0.476. The van der Waals surface area contributed by atoms with Crippen molar-refractivity contribution in [3.8, 4) is 11.1 Å². The Morgan fingerprint density at radius 2 is 1.77 bits per heavy atom. The van der Waals surface area contributed by atoms with Crippen LogP contribution in [0.5, 0.6) is 0 Å². The summed E-state index contributed by atoms with van der Waals surface area (Å²) in [6.07, 6.45) is 2.15. The first-order chi connectivity index (χ1) is 14.9. The van der Waals surface area contributed by atoms with Crippen molar-refractivity contribution in [1.29, 1.82) is 0 Å². The largest absolute Gasteiger partial charge is 0.478 e. The van der Waals surface area contributed by atoms with Gasteiger partial charge in [0.1, 0.15) is 11.3 Å². The number of rotatable bonds is 4. The van der Waals surface area contributed by atoms with E-state index in [1.54, 1.807) is 18.2 Å². The average molecular weight is 413 g/mol. The molecule has 3 N–H and O–H groups in total. The van der Waals surface area contributed by atoms with Crippen molar-refractivity contribution in [3.05, 3.63) is 80.7 Å². The lowest BCUT2D eigenvalue weighted by Crippen LogP contribution is -2.00. The Morgan fingerprint density at radius 3 is 2.39 bits per heavy atom. The fraction of sp³-hybridized carbons (Fsp3) is 0.231. The lowest BCUT2D eigenvalue weighted by molar-refractivity contribution is 0.0697. The van der Waals surface area contributed by atoms with E-state index in [-0.39, 0.29) is 17.5 Å². The van der Waals surface area contributed by atoms with Gasteiger partial charge in [-0.15, -0.1) is 0 Å². The van der Waals surface area contributed by atoms with Crippen molar-refractivity contribution in [2.24, 2.45) is 5.73 Å². The van der Waals surface area contributed by atoms with Crippen molar-refractivity contribution >= 4 is 27.7 Å². The molecule has 0 aliphatic heterocycles. The van der Waals surface area contributed by atoms with Gasteiger partial charge in [-0.3, -0.25) is 4.79 Å². The number of hydrogen-bond donors (Lipinski definition) is 2. The Kier molecular flexibility index (Phi) is 4.45. The Hall–Kier alpha value is -3.44. The molecule has 1 heterocycles. The minimum absolute atomic E-state index is 0.0270. The minimum atomic E-state index is -0.945. The molecule has 4 aromatic rings. The molecule has 0 spiro atoms. The van der Waals surface area contributed by atoms with Crippen molar-refractivity contribution in [1.82, 2.24) is 0 Å². The molecular formula is C26H23NO4. The van der Waals surface area contributed by atoms with Crippen LogP contribution in [-0.4, -0.2) is 11.1 Å². The zero-order valence-corrected chi connectivity index (χ0v) is 17.5. The smallest absolute Gasteiger partial charge is 0.335 e. The van der Waals surface area contributed by atoms with Gasteiger partial charge in [0.2, 0.25) is 0 Å². The molecule has 0 atom stereocenters. The molecule has 3 aromatic carbocycles. The lowest BCUT2D eigenvalue weighted by atomic mass is 9.92. The molecule has 5 rings (SSSR count). The van der Waals surface area contributed by atoms with Gasteiger partial charge in [0.25, 0.3) is 0 Å². The van der Waals surface area contributed by atoms with Crippen LogP contribution < -0.4 is 11.2 Å². The molecule has 5 heteroatoms. The molecule has 0 unspecified atom stereocenters. The molecule has 0 saturated heterocycles. The van der Waals surface area contributed by atoms with Crippen LogP contribution in [0.1, 0.15) is 51.6 Å². The van der Waals surface area contributed by atoms with E-state index in [0.29, 0.717) is 22.6 Å². The molecule has 1 aliphatic carbocycles. The maximum Gasteiger partial charge on any atom is 0.335 e. The van der Waals surface area contributed by atoms with E-state index in [2.05, 4.69) is 6.92 Å². The van der Waals surface area contributed by atoms with E-state index in [1.165, 1.54) is 0 Å². The Labute approximate surface area is 179 Å². The SMILES string of the molecule is Cc1c(-c2ccc(C(=O)O)cc2)ccc2c1c(C1CC1)cc(=O)c1c(C)c(CN)oc12. The van der Waals surface area contributed by atoms with Gasteiger partial charge < -0.3 is 15.3 Å². The highest BCUT2D eigenvalue weighted by atomic mass is 16.4. The number of nitrogens with two attached hydrogens (primary N) is 1. The minimum Gasteiger partial charge on any atom is -0.478 e. The lowest BCUT2D eigenvalue weighted by Gasteiger charge is -2.12. The van der Waals surface area contributed by atoms with Crippen molar-refractivity contribution in [2.75, 3.05) is 0 Å². The van der Waals surface area contributed by atoms with Crippen LogP contribution in [0.25, 0.3) is 32.9 Å². The Morgan fingerprint density at radius 1 is 1.06 bits per heavy atom. The highest BCUT2D eigenvalue weighted by Gasteiger charge is 2.28. The predicted octanol–water partition coefficient (Wildman–Crippen LogP) is 5.26. The first-order valence-corrected chi connectivity index (χ1v) is 10.5. The van der Waals surface area contributed by atoms with E-state index in [0.717, 1.165) is 51.4 Å². The van der Waals surface area contributed by atoms with Crippen molar-refractivity contribution < 1.29 is 14.3 Å². The number of hydrogen-bond acceptors (Lipinski definition) is 4. The predicted molar refractivity (Wildman–Crippen MR) is 122 cm³/mol. The Bertz CT molecular complexity index is 1430. The topological polar surface area (TPSA) is 93.5 Å². The van der Waals surface area contributed by atoms with Gasteiger partial charge in [-0.05, 0) is 84.5 Å². The maximum atomic E-state index is 13.2. The highest BCUT2D eigenvalue weighted by molar-refractivity contribution is 6.08. The Balaban J connectivity index is 1.87. The summed E-state index contributed by atoms with van der Waals surface area (Å²) in [5, 5.41) is 11.8. The summed E-state index contributed by atoms with van der Waals surface area (Å²) in [4.78, 5) is 24.4. The average Bonchev–Trinajstić information content (AvgIpc) is 3.55. The zero-order valence-electron chi connectivity index (χ0n) is 17.5. The zero-order chi connectivity index (χ0) is 21.9. The highest BCUT2D eigenvalue weighted by Crippen LogP contribution is 2.45. The summed E-state index contributed by atoms with van der Waals surface area (Å²) in [5.41, 5.74) is 11.6. The van der Waals surface area contributed by atoms with Crippen LogP contribution in [0.2, 0.25) is 0 Å². The molecule has 0 radical (unpaired) electrons. The van der Waals surface area contributed by atoms with Gasteiger partial charge in [0.15, 0.2) is 5.43 Å². The second-order valence-corrected chi connectivity index (χ2v) is 8.34. The second kappa shape index (κ2) is 7.06. The van der Waals surface area contributed by atoms with E-state index in [9.17, 15) is 14.7 Å². The van der Waals surface area contributed by atoms with Gasteiger partial charge >= 0.3 is 5.97 Å². The van der Waals surface area contributed by atoms with E-state index in [4.69, 9.17) is 10.2 Å². The number of benzene rings is 2. The molecule has 0 bridgehead atoms. The molecule has 1 saturated carbocycles. The van der Waals surface area contributed by atoms with Crippen LogP contribution in [0.3, 0.4) is 0 Å². The van der Waals surface area contributed by atoms with Crippen LogP contribution in [0, 0.1) is 13.8 Å². The van der Waals surface area contributed by atoms with Crippen LogP contribution >= 0.6 is 0 Å². The number of carbonyl (C=O) groups is 1. The third kappa shape index (κ3) is 3.04.